The van der Waals surface area contributed by atoms with Gasteiger partial charge in [-0.25, -0.2) is 4.79 Å². The first-order chi connectivity index (χ1) is 15.9. The summed E-state index contributed by atoms with van der Waals surface area (Å²) in [5, 5.41) is 1.40. The van der Waals surface area contributed by atoms with E-state index >= 15 is 0 Å². The highest BCUT2D eigenvalue weighted by atomic mass is 35.5. The summed E-state index contributed by atoms with van der Waals surface area (Å²) in [5.41, 5.74) is 2.74. The second kappa shape index (κ2) is 9.77. The van der Waals surface area contributed by atoms with Gasteiger partial charge in [0.05, 0.1) is 31.0 Å². The zero-order valence-corrected chi connectivity index (χ0v) is 19.6. The van der Waals surface area contributed by atoms with Crippen LogP contribution in [0.4, 0.5) is 0 Å². The van der Waals surface area contributed by atoms with Crippen molar-refractivity contribution in [2.24, 2.45) is 0 Å². The van der Waals surface area contributed by atoms with Crippen LogP contribution in [0.2, 0.25) is 5.02 Å². The number of hydrogen-bond acceptors (Lipinski definition) is 6. The van der Waals surface area contributed by atoms with E-state index in [1.165, 1.54) is 7.11 Å². The van der Waals surface area contributed by atoms with Crippen LogP contribution in [-0.2, 0) is 9.53 Å². The number of nitrogens with zero attached hydrogens (tertiary/aromatic N) is 3. The third kappa shape index (κ3) is 4.65. The summed E-state index contributed by atoms with van der Waals surface area (Å²) in [6.07, 6.45) is 0. The van der Waals surface area contributed by atoms with E-state index < -0.39 is 6.04 Å². The van der Waals surface area contributed by atoms with E-state index in [0.717, 1.165) is 16.7 Å². The fourth-order valence-corrected chi connectivity index (χ4v) is 4.46. The summed E-state index contributed by atoms with van der Waals surface area (Å²) in [7, 11) is 2.99. The molecule has 1 aliphatic heterocycles. The van der Waals surface area contributed by atoms with E-state index in [2.05, 4.69) is 4.98 Å². The van der Waals surface area contributed by atoms with Crippen LogP contribution in [0.25, 0.3) is 10.9 Å². The van der Waals surface area contributed by atoms with Crippen molar-refractivity contribution in [3.05, 3.63) is 70.4 Å². The number of benzene rings is 2. The van der Waals surface area contributed by atoms with Gasteiger partial charge in [-0.15, -0.1) is 0 Å². The van der Waals surface area contributed by atoms with Crippen LogP contribution in [0, 0.1) is 6.92 Å². The van der Waals surface area contributed by atoms with Crippen molar-refractivity contribution in [2.75, 3.05) is 40.4 Å². The molecule has 1 amide bonds. The van der Waals surface area contributed by atoms with Gasteiger partial charge in [-0.05, 0) is 36.8 Å². The fraction of sp³-hybridized carbons (Fsp3) is 0.320. The molecule has 0 aliphatic carbocycles. The Hall–Kier alpha value is -3.16. The average Bonchev–Trinajstić information content (AvgIpc) is 2.84. The van der Waals surface area contributed by atoms with Crippen molar-refractivity contribution in [3.8, 4) is 5.75 Å². The molecule has 0 radical (unpaired) electrons. The SMILES string of the molecule is COC(=O)[C@H](c1ccccc1Cl)N1CCN(C(=O)c2cc3ccc(OC)cc3nc2C)CC1. The van der Waals surface area contributed by atoms with Gasteiger partial charge in [0.2, 0.25) is 0 Å². The van der Waals surface area contributed by atoms with Gasteiger partial charge in [-0.1, -0.05) is 29.8 Å². The number of hydrogen-bond donors (Lipinski definition) is 0. The minimum Gasteiger partial charge on any atom is -0.497 e. The first-order valence-corrected chi connectivity index (χ1v) is 11.1. The zero-order chi connectivity index (χ0) is 23.5. The highest BCUT2D eigenvalue weighted by Gasteiger charge is 2.34. The summed E-state index contributed by atoms with van der Waals surface area (Å²) in [6.45, 7) is 3.85. The maximum atomic E-state index is 13.3. The van der Waals surface area contributed by atoms with Crippen molar-refractivity contribution < 1.29 is 19.1 Å². The van der Waals surface area contributed by atoms with Crippen LogP contribution in [0.3, 0.4) is 0 Å². The Kier molecular flexibility index (Phi) is 6.81. The number of aryl methyl sites for hydroxylation is 1. The zero-order valence-electron chi connectivity index (χ0n) is 18.9. The van der Waals surface area contributed by atoms with Gasteiger partial charge in [-0.2, -0.15) is 0 Å². The number of piperazine rings is 1. The number of rotatable bonds is 5. The molecule has 0 unspecified atom stereocenters. The number of aromatic nitrogens is 1. The Labute approximate surface area is 197 Å². The van der Waals surface area contributed by atoms with Crippen LogP contribution >= 0.6 is 11.6 Å². The molecule has 7 nitrogen and oxygen atoms in total. The molecule has 0 bridgehead atoms. The smallest absolute Gasteiger partial charge is 0.327 e. The van der Waals surface area contributed by atoms with E-state index in [1.807, 2.05) is 54.3 Å². The number of pyridine rings is 1. The minimum atomic E-state index is -0.611. The molecule has 1 saturated heterocycles. The molecule has 33 heavy (non-hydrogen) atoms. The number of esters is 1. The molecular weight excluding hydrogens is 442 g/mol. The lowest BCUT2D eigenvalue weighted by Crippen LogP contribution is -2.51. The molecule has 1 atom stereocenters. The van der Waals surface area contributed by atoms with Crippen LogP contribution in [0.5, 0.6) is 5.75 Å². The van der Waals surface area contributed by atoms with Crippen LogP contribution in [-0.4, -0.2) is 67.1 Å². The largest absolute Gasteiger partial charge is 0.497 e. The minimum absolute atomic E-state index is 0.0651. The number of carbonyl (C=O) groups is 2. The lowest BCUT2D eigenvalue weighted by atomic mass is 10.0. The average molecular weight is 468 g/mol. The fourth-order valence-electron chi connectivity index (χ4n) is 4.22. The van der Waals surface area contributed by atoms with Gasteiger partial charge in [0.1, 0.15) is 11.8 Å². The monoisotopic (exact) mass is 467 g/mol. The van der Waals surface area contributed by atoms with Crippen molar-refractivity contribution in [1.82, 2.24) is 14.8 Å². The molecule has 8 heteroatoms. The molecule has 2 heterocycles. The van der Waals surface area contributed by atoms with E-state index in [-0.39, 0.29) is 11.9 Å². The Bertz CT molecular complexity index is 1190. The van der Waals surface area contributed by atoms with Crippen molar-refractivity contribution in [3.63, 3.8) is 0 Å². The van der Waals surface area contributed by atoms with E-state index in [0.29, 0.717) is 48.0 Å². The topological polar surface area (TPSA) is 72.0 Å². The number of amides is 1. The Morgan fingerprint density at radius 1 is 1.03 bits per heavy atom. The lowest BCUT2D eigenvalue weighted by Gasteiger charge is -2.38. The third-order valence-electron chi connectivity index (χ3n) is 6.04. The third-order valence-corrected chi connectivity index (χ3v) is 6.38. The van der Waals surface area contributed by atoms with Crippen molar-refractivity contribution >= 4 is 34.4 Å². The Balaban J connectivity index is 1.52. The molecule has 172 valence electrons. The summed E-state index contributed by atoms with van der Waals surface area (Å²) in [5.74, 6) is 0.292. The van der Waals surface area contributed by atoms with Gasteiger partial charge in [0.25, 0.3) is 5.91 Å². The lowest BCUT2D eigenvalue weighted by molar-refractivity contribution is -0.148. The maximum absolute atomic E-state index is 13.3. The van der Waals surface area contributed by atoms with Gasteiger partial charge in [0.15, 0.2) is 0 Å². The van der Waals surface area contributed by atoms with Crippen LogP contribution in [0.15, 0.2) is 48.5 Å². The normalized spacial score (nSPS) is 15.3. The predicted molar refractivity (Wildman–Crippen MR) is 127 cm³/mol. The quantitative estimate of drug-likeness (QED) is 0.530. The molecule has 0 saturated carbocycles. The van der Waals surface area contributed by atoms with Crippen LogP contribution in [0.1, 0.15) is 27.7 Å². The number of carbonyl (C=O) groups excluding carboxylic acids is 2. The summed E-state index contributed by atoms with van der Waals surface area (Å²) >= 11 is 6.37. The van der Waals surface area contributed by atoms with E-state index in [9.17, 15) is 9.59 Å². The van der Waals surface area contributed by atoms with Gasteiger partial charge < -0.3 is 14.4 Å². The standard InChI is InChI=1S/C25H26ClN3O4/c1-16-20(14-17-8-9-18(32-2)15-22(17)27-16)24(30)29-12-10-28(11-13-29)23(25(31)33-3)19-6-4-5-7-21(19)26/h4-9,14-15,23H,10-13H2,1-3H3/t23-/m0/s1. The molecule has 4 rings (SSSR count). The molecule has 0 spiro atoms. The first kappa shape index (κ1) is 23.0. The first-order valence-electron chi connectivity index (χ1n) is 10.7. The Morgan fingerprint density at radius 3 is 2.42 bits per heavy atom. The van der Waals surface area contributed by atoms with Gasteiger partial charge >= 0.3 is 5.97 Å². The molecule has 0 N–H and O–H groups in total. The highest BCUT2D eigenvalue weighted by Crippen LogP contribution is 2.30. The summed E-state index contributed by atoms with van der Waals surface area (Å²) in [6, 6.07) is 14.2. The number of methoxy groups -OCH3 is 2. The number of ether oxygens (including phenoxy) is 2. The predicted octanol–water partition coefficient (Wildman–Crippen LogP) is 3.88. The summed E-state index contributed by atoms with van der Waals surface area (Å²) in [4.78, 5) is 34.3. The van der Waals surface area contributed by atoms with E-state index in [1.54, 1.807) is 18.1 Å². The van der Waals surface area contributed by atoms with Crippen LogP contribution < -0.4 is 4.74 Å². The highest BCUT2D eigenvalue weighted by molar-refractivity contribution is 6.31. The van der Waals surface area contributed by atoms with Gasteiger partial charge in [0, 0.05) is 42.7 Å². The summed E-state index contributed by atoms with van der Waals surface area (Å²) < 4.78 is 10.3. The molecule has 2 aromatic carbocycles. The second-order valence-electron chi connectivity index (χ2n) is 7.96. The number of halogens is 1. The molecule has 1 aliphatic rings. The van der Waals surface area contributed by atoms with Crippen molar-refractivity contribution in [1.29, 1.82) is 0 Å². The molecule has 1 aromatic heterocycles. The molecular formula is C25H26ClN3O4. The molecule has 3 aromatic rings. The molecule has 1 fully saturated rings. The second-order valence-corrected chi connectivity index (χ2v) is 8.36. The van der Waals surface area contributed by atoms with E-state index in [4.69, 9.17) is 21.1 Å². The number of fused-ring (bicyclic) bond motifs is 1. The van der Waals surface area contributed by atoms with Gasteiger partial charge in [-0.3, -0.25) is 14.7 Å². The Morgan fingerprint density at radius 2 is 1.76 bits per heavy atom. The maximum Gasteiger partial charge on any atom is 0.327 e. The van der Waals surface area contributed by atoms with Crippen molar-refractivity contribution in [2.45, 2.75) is 13.0 Å².